The van der Waals surface area contributed by atoms with Crippen LogP contribution in [0.4, 0.5) is 0 Å². The van der Waals surface area contributed by atoms with Crippen LogP contribution in [0.25, 0.3) is 0 Å². The van der Waals surface area contributed by atoms with Gasteiger partial charge in [0.05, 0.1) is 7.11 Å². The first kappa shape index (κ1) is 14.4. The Morgan fingerprint density at radius 3 is 2.53 bits per heavy atom. The van der Waals surface area contributed by atoms with E-state index in [2.05, 4.69) is 44.5 Å². The molecule has 0 aliphatic rings. The van der Waals surface area contributed by atoms with Gasteiger partial charge in [0.1, 0.15) is 5.75 Å². The van der Waals surface area contributed by atoms with Gasteiger partial charge in [-0.25, -0.2) is 0 Å². The van der Waals surface area contributed by atoms with E-state index >= 15 is 0 Å². The predicted molar refractivity (Wildman–Crippen MR) is 77.3 cm³/mol. The van der Waals surface area contributed by atoms with Crippen LogP contribution in [0.5, 0.6) is 5.75 Å². The van der Waals surface area contributed by atoms with Crippen LogP contribution in [0.15, 0.2) is 12.1 Å². The van der Waals surface area contributed by atoms with E-state index in [-0.39, 0.29) is 0 Å². The highest BCUT2D eigenvalue weighted by atomic mass is 32.2. The van der Waals surface area contributed by atoms with Crippen LogP contribution in [0.1, 0.15) is 29.7 Å². The number of hydrogen-bond donors (Lipinski definition) is 1. The molecule has 1 rings (SSSR count). The number of nitrogens with one attached hydrogen (secondary N) is 1. The van der Waals surface area contributed by atoms with E-state index in [1.54, 1.807) is 7.11 Å². The third-order valence-corrected chi connectivity index (χ3v) is 3.61. The summed E-state index contributed by atoms with van der Waals surface area (Å²) in [6.07, 6.45) is 2.15. The van der Waals surface area contributed by atoms with E-state index in [9.17, 15) is 0 Å². The van der Waals surface area contributed by atoms with E-state index in [4.69, 9.17) is 4.74 Å². The SMILES string of the molecule is CCNC(CSC)c1cc(C)c(OC)cc1C. The maximum atomic E-state index is 5.35. The lowest BCUT2D eigenvalue weighted by Crippen LogP contribution is -2.23. The van der Waals surface area contributed by atoms with Gasteiger partial charge in [-0.05, 0) is 49.4 Å². The van der Waals surface area contributed by atoms with Crippen LogP contribution >= 0.6 is 11.8 Å². The molecule has 17 heavy (non-hydrogen) atoms. The second-order valence-corrected chi connectivity index (χ2v) is 5.15. The van der Waals surface area contributed by atoms with Crippen molar-refractivity contribution >= 4 is 11.8 Å². The third kappa shape index (κ3) is 3.65. The molecule has 1 N–H and O–H groups in total. The van der Waals surface area contributed by atoms with Gasteiger partial charge in [-0.15, -0.1) is 0 Å². The normalized spacial score (nSPS) is 12.5. The van der Waals surface area contributed by atoms with Gasteiger partial charge in [-0.1, -0.05) is 13.0 Å². The summed E-state index contributed by atoms with van der Waals surface area (Å²) in [5, 5.41) is 3.54. The van der Waals surface area contributed by atoms with Crippen LogP contribution in [-0.2, 0) is 0 Å². The number of thioether (sulfide) groups is 1. The molecule has 96 valence electrons. The molecule has 0 aliphatic carbocycles. The van der Waals surface area contributed by atoms with Crippen molar-refractivity contribution in [3.63, 3.8) is 0 Å². The zero-order valence-electron chi connectivity index (χ0n) is 11.5. The average Bonchev–Trinajstić information content (AvgIpc) is 2.31. The molecule has 1 unspecified atom stereocenters. The molecule has 1 aromatic carbocycles. The summed E-state index contributed by atoms with van der Waals surface area (Å²) in [4.78, 5) is 0. The lowest BCUT2D eigenvalue weighted by atomic mass is 9.99. The van der Waals surface area contributed by atoms with E-state index in [0.717, 1.165) is 18.0 Å². The number of methoxy groups -OCH3 is 1. The van der Waals surface area contributed by atoms with Crippen molar-refractivity contribution in [1.29, 1.82) is 0 Å². The Morgan fingerprint density at radius 1 is 1.29 bits per heavy atom. The Labute approximate surface area is 109 Å². The smallest absolute Gasteiger partial charge is 0.122 e. The van der Waals surface area contributed by atoms with Gasteiger partial charge in [0.2, 0.25) is 0 Å². The molecule has 0 bridgehead atoms. The molecular weight excluding hydrogens is 230 g/mol. The Kier molecular flexibility index (Phi) is 5.86. The molecule has 0 aromatic heterocycles. The average molecular weight is 253 g/mol. The standard InChI is InChI=1S/C14H23NOS/c1-6-15-13(9-17-5)12-7-11(3)14(16-4)8-10(12)2/h7-8,13,15H,6,9H2,1-5H3. The van der Waals surface area contributed by atoms with E-state index in [1.165, 1.54) is 16.7 Å². The summed E-state index contributed by atoms with van der Waals surface area (Å²) in [7, 11) is 1.73. The van der Waals surface area contributed by atoms with Crippen LogP contribution in [0.3, 0.4) is 0 Å². The van der Waals surface area contributed by atoms with Crippen molar-refractivity contribution in [3.05, 3.63) is 28.8 Å². The largest absolute Gasteiger partial charge is 0.496 e. The Balaban J connectivity index is 3.05. The maximum Gasteiger partial charge on any atom is 0.122 e. The van der Waals surface area contributed by atoms with Gasteiger partial charge >= 0.3 is 0 Å². The first-order valence-corrected chi connectivity index (χ1v) is 7.40. The molecule has 0 aliphatic heterocycles. The lowest BCUT2D eigenvalue weighted by Gasteiger charge is -2.21. The zero-order valence-corrected chi connectivity index (χ0v) is 12.3. The molecule has 1 atom stereocenters. The van der Waals surface area contributed by atoms with Crippen LogP contribution < -0.4 is 10.1 Å². The number of aryl methyl sites for hydroxylation is 2. The summed E-state index contributed by atoms with van der Waals surface area (Å²) in [6.45, 7) is 7.40. The van der Waals surface area contributed by atoms with Gasteiger partial charge in [-0.2, -0.15) is 11.8 Å². The highest BCUT2D eigenvalue weighted by Gasteiger charge is 2.14. The molecule has 3 heteroatoms. The van der Waals surface area contributed by atoms with Crippen LogP contribution in [0.2, 0.25) is 0 Å². The Hall–Kier alpha value is -0.670. The molecule has 0 radical (unpaired) electrons. The van der Waals surface area contributed by atoms with Crippen molar-refractivity contribution in [3.8, 4) is 5.75 Å². The fourth-order valence-corrected chi connectivity index (χ4v) is 2.71. The van der Waals surface area contributed by atoms with Crippen LogP contribution in [-0.4, -0.2) is 25.7 Å². The quantitative estimate of drug-likeness (QED) is 0.840. The molecule has 0 saturated heterocycles. The topological polar surface area (TPSA) is 21.3 Å². The van der Waals surface area contributed by atoms with Crippen molar-refractivity contribution in [2.75, 3.05) is 25.7 Å². The van der Waals surface area contributed by atoms with Gasteiger partial charge in [0, 0.05) is 11.8 Å². The summed E-state index contributed by atoms with van der Waals surface area (Å²) in [5.74, 6) is 2.08. The molecule has 0 heterocycles. The molecule has 1 aromatic rings. The third-order valence-electron chi connectivity index (χ3n) is 2.94. The van der Waals surface area contributed by atoms with E-state index < -0.39 is 0 Å². The van der Waals surface area contributed by atoms with Crippen molar-refractivity contribution < 1.29 is 4.74 Å². The summed E-state index contributed by atoms with van der Waals surface area (Å²) >= 11 is 1.88. The summed E-state index contributed by atoms with van der Waals surface area (Å²) < 4.78 is 5.35. The van der Waals surface area contributed by atoms with E-state index in [1.807, 2.05) is 11.8 Å². The molecule has 0 fully saturated rings. The number of ether oxygens (including phenoxy) is 1. The lowest BCUT2D eigenvalue weighted by molar-refractivity contribution is 0.411. The first-order chi connectivity index (χ1) is 8.13. The second kappa shape index (κ2) is 6.92. The highest BCUT2D eigenvalue weighted by molar-refractivity contribution is 7.98. The fraction of sp³-hybridized carbons (Fsp3) is 0.571. The maximum absolute atomic E-state index is 5.35. The highest BCUT2D eigenvalue weighted by Crippen LogP contribution is 2.27. The monoisotopic (exact) mass is 253 g/mol. The minimum absolute atomic E-state index is 0.430. The zero-order chi connectivity index (χ0) is 12.8. The molecule has 2 nitrogen and oxygen atoms in total. The van der Waals surface area contributed by atoms with Gasteiger partial charge in [0.15, 0.2) is 0 Å². The molecular formula is C14H23NOS. The molecule has 0 saturated carbocycles. The van der Waals surface area contributed by atoms with Gasteiger partial charge in [0.25, 0.3) is 0 Å². The minimum Gasteiger partial charge on any atom is -0.496 e. The Bertz CT molecular complexity index is 359. The second-order valence-electron chi connectivity index (χ2n) is 4.24. The number of hydrogen-bond acceptors (Lipinski definition) is 3. The van der Waals surface area contributed by atoms with E-state index in [0.29, 0.717) is 6.04 Å². The first-order valence-electron chi connectivity index (χ1n) is 6.01. The summed E-state index contributed by atoms with van der Waals surface area (Å²) in [5.41, 5.74) is 3.89. The predicted octanol–water partition coefficient (Wildman–Crippen LogP) is 3.33. The fourth-order valence-electron chi connectivity index (χ4n) is 2.08. The van der Waals surface area contributed by atoms with Crippen molar-refractivity contribution in [2.45, 2.75) is 26.8 Å². The van der Waals surface area contributed by atoms with Crippen LogP contribution in [0, 0.1) is 13.8 Å². The molecule has 0 amide bonds. The summed E-state index contributed by atoms with van der Waals surface area (Å²) in [6, 6.07) is 4.81. The number of benzene rings is 1. The van der Waals surface area contributed by atoms with Crippen molar-refractivity contribution in [1.82, 2.24) is 5.32 Å². The number of rotatable bonds is 6. The van der Waals surface area contributed by atoms with Gasteiger partial charge < -0.3 is 10.1 Å². The molecule has 0 spiro atoms. The van der Waals surface area contributed by atoms with Crippen molar-refractivity contribution in [2.24, 2.45) is 0 Å². The van der Waals surface area contributed by atoms with Gasteiger partial charge in [-0.3, -0.25) is 0 Å². The minimum atomic E-state index is 0.430. The Morgan fingerprint density at radius 2 is 2.00 bits per heavy atom.